The molecule has 0 aliphatic carbocycles. The highest BCUT2D eigenvalue weighted by Gasteiger charge is 2.25. The Morgan fingerprint density at radius 3 is 2.69 bits per heavy atom. The summed E-state index contributed by atoms with van der Waals surface area (Å²) in [5.41, 5.74) is 2.05. The van der Waals surface area contributed by atoms with Crippen LogP contribution in [0.15, 0.2) is 36.5 Å². The lowest BCUT2D eigenvalue weighted by atomic mass is 10.1. The normalized spacial score (nSPS) is 21.3. The van der Waals surface area contributed by atoms with Gasteiger partial charge >= 0.3 is 6.03 Å². The van der Waals surface area contributed by atoms with Gasteiger partial charge in [0.25, 0.3) is 0 Å². The SMILES string of the molecule is O=C(NCc1ccccc1)N1CCC(n2cc(CN3CCC[C@@H](O)C3)nn2)CC1. The number of hydrogen-bond acceptors (Lipinski definition) is 5. The van der Waals surface area contributed by atoms with E-state index in [-0.39, 0.29) is 18.2 Å². The molecule has 0 radical (unpaired) electrons. The number of aliphatic hydroxyl groups excluding tert-OH is 1. The number of rotatable bonds is 5. The summed E-state index contributed by atoms with van der Waals surface area (Å²) in [6.07, 6.45) is 5.47. The van der Waals surface area contributed by atoms with Crippen LogP contribution in [0, 0.1) is 0 Å². The van der Waals surface area contributed by atoms with E-state index < -0.39 is 0 Å². The fourth-order valence-corrected chi connectivity index (χ4v) is 4.19. The van der Waals surface area contributed by atoms with E-state index >= 15 is 0 Å². The van der Waals surface area contributed by atoms with Crippen molar-refractivity contribution in [2.75, 3.05) is 26.2 Å². The summed E-state index contributed by atoms with van der Waals surface area (Å²) in [4.78, 5) is 16.5. The second-order valence-corrected chi connectivity index (χ2v) is 8.08. The highest BCUT2D eigenvalue weighted by Crippen LogP contribution is 2.22. The topological polar surface area (TPSA) is 86.5 Å². The zero-order valence-electron chi connectivity index (χ0n) is 16.8. The van der Waals surface area contributed by atoms with Crippen LogP contribution in [0.3, 0.4) is 0 Å². The van der Waals surface area contributed by atoms with Gasteiger partial charge in [-0.05, 0) is 37.8 Å². The van der Waals surface area contributed by atoms with Gasteiger partial charge in [-0.1, -0.05) is 35.5 Å². The maximum absolute atomic E-state index is 12.4. The molecular weight excluding hydrogens is 368 g/mol. The van der Waals surface area contributed by atoms with Crippen molar-refractivity contribution in [2.24, 2.45) is 0 Å². The molecule has 0 spiro atoms. The number of amides is 2. The van der Waals surface area contributed by atoms with E-state index in [9.17, 15) is 9.90 Å². The molecule has 1 atom stereocenters. The lowest BCUT2D eigenvalue weighted by molar-refractivity contribution is 0.0662. The molecule has 3 heterocycles. The molecule has 2 N–H and O–H groups in total. The number of carbonyl (C=O) groups is 1. The summed E-state index contributed by atoms with van der Waals surface area (Å²) < 4.78 is 1.95. The van der Waals surface area contributed by atoms with E-state index in [2.05, 4.69) is 20.5 Å². The van der Waals surface area contributed by atoms with Crippen LogP contribution in [0.1, 0.15) is 43.0 Å². The molecule has 2 saturated heterocycles. The van der Waals surface area contributed by atoms with E-state index in [1.165, 1.54) is 0 Å². The van der Waals surface area contributed by atoms with Gasteiger partial charge in [0.15, 0.2) is 0 Å². The molecule has 2 amide bonds. The first-order valence-corrected chi connectivity index (χ1v) is 10.6. The number of aliphatic hydroxyl groups is 1. The lowest BCUT2D eigenvalue weighted by Crippen LogP contribution is -2.44. The van der Waals surface area contributed by atoms with E-state index in [1.807, 2.05) is 46.1 Å². The molecule has 2 aliphatic heterocycles. The number of hydrogen-bond donors (Lipinski definition) is 2. The molecule has 1 aromatic carbocycles. The third-order valence-corrected chi connectivity index (χ3v) is 5.84. The predicted molar refractivity (Wildman–Crippen MR) is 109 cm³/mol. The van der Waals surface area contributed by atoms with Crippen LogP contribution in [-0.2, 0) is 13.1 Å². The first kappa shape index (κ1) is 19.8. The van der Waals surface area contributed by atoms with E-state index in [0.29, 0.717) is 13.1 Å². The number of benzene rings is 1. The fraction of sp³-hybridized carbons (Fsp3) is 0.571. The number of likely N-dealkylation sites (tertiary alicyclic amines) is 2. The Morgan fingerprint density at radius 2 is 1.93 bits per heavy atom. The lowest BCUT2D eigenvalue weighted by Gasteiger charge is -2.32. The standard InChI is InChI=1S/C21H30N6O2/c28-20-7-4-10-25(16-20)14-18-15-27(24-23-18)19-8-11-26(12-9-19)21(29)22-13-17-5-2-1-3-6-17/h1-3,5-6,15,19-20,28H,4,7-14,16H2,(H,22,29)/t20-/m1/s1. The average molecular weight is 399 g/mol. The minimum atomic E-state index is -0.226. The first-order valence-electron chi connectivity index (χ1n) is 10.6. The molecule has 2 fully saturated rings. The second-order valence-electron chi connectivity index (χ2n) is 8.08. The van der Waals surface area contributed by atoms with Gasteiger partial charge in [-0.3, -0.25) is 4.90 Å². The van der Waals surface area contributed by atoms with Crippen LogP contribution < -0.4 is 5.32 Å². The zero-order chi connectivity index (χ0) is 20.1. The zero-order valence-corrected chi connectivity index (χ0v) is 16.8. The van der Waals surface area contributed by atoms with Gasteiger partial charge in [-0.25, -0.2) is 9.48 Å². The number of nitrogens with one attached hydrogen (secondary N) is 1. The largest absolute Gasteiger partial charge is 0.392 e. The van der Waals surface area contributed by atoms with Gasteiger partial charge in [0.2, 0.25) is 0 Å². The Labute approximate surface area is 171 Å². The summed E-state index contributed by atoms with van der Waals surface area (Å²) in [7, 11) is 0. The number of urea groups is 1. The van der Waals surface area contributed by atoms with Crippen LogP contribution in [-0.4, -0.2) is 68.2 Å². The number of β-amino-alcohol motifs (C(OH)–C–C–N with tert-alkyl or cyclic N) is 1. The van der Waals surface area contributed by atoms with E-state index in [1.54, 1.807) is 0 Å². The maximum Gasteiger partial charge on any atom is 0.317 e. The minimum Gasteiger partial charge on any atom is -0.392 e. The van der Waals surface area contributed by atoms with Crippen molar-refractivity contribution in [3.8, 4) is 0 Å². The van der Waals surface area contributed by atoms with Crippen LogP contribution in [0.5, 0.6) is 0 Å². The molecule has 2 aliphatic rings. The Morgan fingerprint density at radius 1 is 1.14 bits per heavy atom. The molecule has 0 saturated carbocycles. The van der Waals surface area contributed by atoms with Crippen molar-refractivity contribution in [1.82, 2.24) is 30.1 Å². The van der Waals surface area contributed by atoms with Gasteiger partial charge in [0.1, 0.15) is 0 Å². The van der Waals surface area contributed by atoms with Crippen molar-refractivity contribution < 1.29 is 9.90 Å². The van der Waals surface area contributed by atoms with E-state index in [4.69, 9.17) is 0 Å². The molecule has 156 valence electrons. The highest BCUT2D eigenvalue weighted by atomic mass is 16.3. The van der Waals surface area contributed by atoms with Gasteiger partial charge in [-0.2, -0.15) is 0 Å². The summed E-state index contributed by atoms with van der Waals surface area (Å²) in [6.45, 7) is 4.44. The average Bonchev–Trinajstić information content (AvgIpc) is 3.21. The van der Waals surface area contributed by atoms with Crippen LogP contribution in [0.2, 0.25) is 0 Å². The van der Waals surface area contributed by atoms with Crippen molar-refractivity contribution in [2.45, 2.75) is 50.9 Å². The number of aromatic nitrogens is 3. The molecule has 8 nitrogen and oxygen atoms in total. The van der Waals surface area contributed by atoms with Crippen LogP contribution in [0.25, 0.3) is 0 Å². The van der Waals surface area contributed by atoms with Gasteiger partial charge in [-0.15, -0.1) is 5.10 Å². The molecule has 29 heavy (non-hydrogen) atoms. The summed E-state index contributed by atoms with van der Waals surface area (Å²) in [6, 6.07) is 10.2. The Balaban J connectivity index is 1.23. The van der Waals surface area contributed by atoms with Crippen molar-refractivity contribution in [3.63, 3.8) is 0 Å². The molecule has 1 aromatic heterocycles. The molecule has 2 aromatic rings. The number of carbonyl (C=O) groups excluding carboxylic acids is 1. The van der Waals surface area contributed by atoms with Crippen molar-refractivity contribution >= 4 is 6.03 Å². The molecular formula is C21H30N6O2. The fourth-order valence-electron chi connectivity index (χ4n) is 4.19. The minimum absolute atomic E-state index is 0.00441. The Bertz CT molecular complexity index is 787. The van der Waals surface area contributed by atoms with Crippen LogP contribution >= 0.6 is 0 Å². The predicted octanol–water partition coefficient (Wildman–Crippen LogP) is 1.78. The maximum atomic E-state index is 12.4. The smallest absolute Gasteiger partial charge is 0.317 e. The molecule has 4 rings (SSSR count). The third-order valence-electron chi connectivity index (χ3n) is 5.84. The highest BCUT2D eigenvalue weighted by molar-refractivity contribution is 5.74. The first-order chi connectivity index (χ1) is 14.2. The molecule has 0 unspecified atom stereocenters. The number of piperidine rings is 2. The molecule has 0 bridgehead atoms. The quantitative estimate of drug-likeness (QED) is 0.802. The number of nitrogens with zero attached hydrogens (tertiary/aromatic N) is 5. The van der Waals surface area contributed by atoms with Crippen LogP contribution in [0.4, 0.5) is 4.79 Å². The van der Waals surface area contributed by atoms with Gasteiger partial charge in [0, 0.05) is 32.7 Å². The van der Waals surface area contributed by atoms with Gasteiger partial charge < -0.3 is 15.3 Å². The third kappa shape index (κ3) is 5.33. The summed E-state index contributed by atoms with van der Waals surface area (Å²) >= 11 is 0. The molecule has 8 heteroatoms. The Kier molecular flexibility index (Phi) is 6.41. The Hall–Kier alpha value is -2.45. The van der Waals surface area contributed by atoms with E-state index in [0.717, 1.165) is 63.1 Å². The monoisotopic (exact) mass is 398 g/mol. The van der Waals surface area contributed by atoms with Crippen molar-refractivity contribution in [1.29, 1.82) is 0 Å². The van der Waals surface area contributed by atoms with Crippen molar-refractivity contribution in [3.05, 3.63) is 47.8 Å². The second kappa shape index (κ2) is 9.37. The summed E-state index contributed by atoms with van der Waals surface area (Å²) in [5, 5.41) is 21.5. The summed E-state index contributed by atoms with van der Waals surface area (Å²) in [5.74, 6) is 0. The van der Waals surface area contributed by atoms with Gasteiger partial charge in [0.05, 0.1) is 24.0 Å².